The number of aryl methyl sites for hydroxylation is 1. The Morgan fingerprint density at radius 3 is 2.40 bits per heavy atom. The first-order valence-electron chi connectivity index (χ1n) is 3.75. The van der Waals surface area contributed by atoms with Crippen LogP contribution in [0.2, 0.25) is 0 Å². The van der Waals surface area contributed by atoms with Crippen LogP contribution in [0.1, 0.15) is 5.56 Å². The van der Waals surface area contributed by atoms with Gasteiger partial charge in [-0.25, -0.2) is 0 Å². The fourth-order valence-corrected chi connectivity index (χ4v) is 0.958. The lowest BCUT2D eigenvalue weighted by Crippen LogP contribution is -2.19. The van der Waals surface area contributed by atoms with Crippen LogP contribution in [0.25, 0.3) is 0 Å². The zero-order chi connectivity index (χ0) is 10.8. The van der Waals surface area contributed by atoms with E-state index in [1.165, 1.54) is 12.1 Å². The predicted molar refractivity (Wildman–Crippen MR) is 52.9 cm³/mol. The van der Waals surface area contributed by atoms with E-state index >= 15 is 0 Å². The minimum absolute atomic E-state index is 0. The fraction of sp³-hybridized carbons (Fsp3) is 0.250. The Balaban J connectivity index is 0.00000196. The number of halogens is 4. The zero-order valence-electron chi connectivity index (χ0n) is 7.76. The van der Waals surface area contributed by atoms with Crippen molar-refractivity contribution in [2.45, 2.75) is 13.3 Å². The first-order valence-corrected chi connectivity index (χ1v) is 3.75. The number of nitrogen functional groups attached to an aromatic ring is 1. The summed E-state index contributed by atoms with van der Waals surface area (Å²) in [6, 6.07) is 4.29. The maximum atomic E-state index is 11.9. The molecule has 0 amide bonds. The third kappa shape index (κ3) is 4.26. The zero-order valence-corrected chi connectivity index (χ0v) is 8.58. The van der Waals surface area contributed by atoms with Gasteiger partial charge in [0.25, 0.3) is 0 Å². The molecular formula is C8H10ClF3N2O. The van der Waals surface area contributed by atoms with Crippen molar-refractivity contribution >= 4 is 18.1 Å². The number of alkyl halides is 3. The number of rotatable bonds is 2. The van der Waals surface area contributed by atoms with Crippen LogP contribution in [0.15, 0.2) is 18.2 Å². The van der Waals surface area contributed by atoms with Gasteiger partial charge >= 0.3 is 6.36 Å². The van der Waals surface area contributed by atoms with Crippen LogP contribution in [0.3, 0.4) is 0 Å². The van der Waals surface area contributed by atoms with Gasteiger partial charge in [-0.05, 0) is 24.6 Å². The molecule has 1 aromatic carbocycles. The second-order valence-corrected chi connectivity index (χ2v) is 2.69. The maximum absolute atomic E-state index is 11.9. The first kappa shape index (κ1) is 13.9. The van der Waals surface area contributed by atoms with E-state index in [0.717, 1.165) is 0 Å². The molecule has 0 aliphatic rings. The smallest absolute Gasteiger partial charge is 0.404 e. The molecule has 0 heterocycles. The SMILES string of the molecule is Cc1ccc(NN)c(OC(F)(F)F)c1.Cl. The lowest BCUT2D eigenvalue weighted by atomic mass is 10.2. The molecule has 0 unspecified atom stereocenters. The quantitative estimate of drug-likeness (QED) is 0.619. The molecule has 3 N–H and O–H groups in total. The second-order valence-electron chi connectivity index (χ2n) is 2.69. The van der Waals surface area contributed by atoms with Crippen molar-refractivity contribution in [3.63, 3.8) is 0 Å². The highest BCUT2D eigenvalue weighted by molar-refractivity contribution is 5.85. The van der Waals surface area contributed by atoms with Crippen molar-refractivity contribution in [3.05, 3.63) is 23.8 Å². The lowest BCUT2D eigenvalue weighted by molar-refractivity contribution is -0.274. The minimum Gasteiger partial charge on any atom is -0.404 e. The molecule has 0 atom stereocenters. The van der Waals surface area contributed by atoms with Gasteiger partial charge in [-0.2, -0.15) is 0 Å². The first-order chi connectivity index (χ1) is 6.42. The van der Waals surface area contributed by atoms with Crippen LogP contribution in [0.4, 0.5) is 18.9 Å². The molecular weight excluding hydrogens is 233 g/mol. The summed E-state index contributed by atoms with van der Waals surface area (Å²) in [7, 11) is 0. The Hall–Kier alpha value is -1.14. The molecule has 1 rings (SSSR count). The molecule has 0 bridgehead atoms. The van der Waals surface area contributed by atoms with Gasteiger partial charge < -0.3 is 10.2 Å². The molecule has 15 heavy (non-hydrogen) atoms. The van der Waals surface area contributed by atoms with E-state index in [1.54, 1.807) is 13.0 Å². The standard InChI is InChI=1S/C8H9F3N2O.ClH/c1-5-2-3-6(13-12)7(4-5)14-8(9,10)11;/h2-4,13H,12H2,1H3;1H. The lowest BCUT2D eigenvalue weighted by Gasteiger charge is -2.13. The third-order valence-electron chi connectivity index (χ3n) is 1.52. The number of anilines is 1. The van der Waals surface area contributed by atoms with E-state index in [1.807, 2.05) is 0 Å². The van der Waals surface area contributed by atoms with Crippen molar-refractivity contribution in [1.29, 1.82) is 0 Å². The summed E-state index contributed by atoms with van der Waals surface area (Å²) in [6.07, 6.45) is -4.71. The largest absolute Gasteiger partial charge is 0.573 e. The number of ether oxygens (including phenoxy) is 1. The van der Waals surface area contributed by atoms with Crippen molar-refractivity contribution in [2.24, 2.45) is 5.84 Å². The van der Waals surface area contributed by atoms with Crippen LogP contribution >= 0.6 is 12.4 Å². The van der Waals surface area contributed by atoms with Gasteiger partial charge in [-0.15, -0.1) is 25.6 Å². The van der Waals surface area contributed by atoms with Crippen LogP contribution in [-0.2, 0) is 0 Å². The molecule has 7 heteroatoms. The Labute approximate surface area is 90.8 Å². The van der Waals surface area contributed by atoms with Crippen molar-refractivity contribution < 1.29 is 17.9 Å². The highest BCUT2D eigenvalue weighted by atomic mass is 35.5. The molecule has 0 saturated heterocycles. The van der Waals surface area contributed by atoms with Crippen LogP contribution in [0, 0.1) is 6.92 Å². The third-order valence-corrected chi connectivity index (χ3v) is 1.52. The van der Waals surface area contributed by atoms with Gasteiger partial charge in [0.1, 0.15) is 0 Å². The summed E-state index contributed by atoms with van der Waals surface area (Å²) >= 11 is 0. The van der Waals surface area contributed by atoms with Gasteiger partial charge in [0, 0.05) is 0 Å². The van der Waals surface area contributed by atoms with Crippen molar-refractivity contribution in [1.82, 2.24) is 0 Å². The van der Waals surface area contributed by atoms with Gasteiger partial charge in [0.15, 0.2) is 5.75 Å². The number of nitrogens with one attached hydrogen (secondary N) is 1. The molecule has 0 aliphatic carbocycles. The highest BCUT2D eigenvalue weighted by Gasteiger charge is 2.32. The maximum Gasteiger partial charge on any atom is 0.573 e. The van der Waals surface area contributed by atoms with E-state index in [-0.39, 0.29) is 23.8 Å². The Kier molecular flexibility index (Phi) is 4.70. The summed E-state index contributed by atoms with van der Waals surface area (Å²) in [4.78, 5) is 0. The molecule has 0 saturated carbocycles. The molecule has 0 fully saturated rings. The topological polar surface area (TPSA) is 47.3 Å². The fourth-order valence-electron chi connectivity index (χ4n) is 0.958. The van der Waals surface area contributed by atoms with Gasteiger partial charge in [-0.1, -0.05) is 6.07 Å². The van der Waals surface area contributed by atoms with Crippen molar-refractivity contribution in [2.75, 3.05) is 5.43 Å². The summed E-state index contributed by atoms with van der Waals surface area (Å²) in [5.74, 6) is 4.69. The number of benzene rings is 1. The monoisotopic (exact) mass is 242 g/mol. The molecule has 0 aromatic heterocycles. The Morgan fingerprint density at radius 1 is 1.33 bits per heavy atom. The average Bonchev–Trinajstić information content (AvgIpc) is 2.01. The predicted octanol–water partition coefficient (Wildman–Crippen LogP) is 2.60. The van der Waals surface area contributed by atoms with Crippen LogP contribution < -0.4 is 16.0 Å². The average molecular weight is 243 g/mol. The van der Waals surface area contributed by atoms with Gasteiger partial charge in [0.05, 0.1) is 5.69 Å². The summed E-state index contributed by atoms with van der Waals surface area (Å²) in [5.41, 5.74) is 2.87. The number of hydrogen-bond donors (Lipinski definition) is 2. The summed E-state index contributed by atoms with van der Waals surface area (Å²) in [5, 5.41) is 0. The highest BCUT2D eigenvalue weighted by Crippen LogP contribution is 2.30. The van der Waals surface area contributed by atoms with E-state index in [0.29, 0.717) is 5.56 Å². The van der Waals surface area contributed by atoms with E-state index in [4.69, 9.17) is 5.84 Å². The molecule has 3 nitrogen and oxygen atoms in total. The van der Waals surface area contributed by atoms with Crippen molar-refractivity contribution in [3.8, 4) is 5.75 Å². The van der Waals surface area contributed by atoms with Gasteiger partial charge in [-0.3, -0.25) is 5.84 Å². The van der Waals surface area contributed by atoms with E-state index in [9.17, 15) is 13.2 Å². The van der Waals surface area contributed by atoms with Crippen LogP contribution in [-0.4, -0.2) is 6.36 Å². The summed E-state index contributed by atoms with van der Waals surface area (Å²) < 4.78 is 39.5. The number of hydrogen-bond acceptors (Lipinski definition) is 3. The normalized spacial score (nSPS) is 10.5. The van der Waals surface area contributed by atoms with Gasteiger partial charge in [0.2, 0.25) is 0 Å². The summed E-state index contributed by atoms with van der Waals surface area (Å²) in [6.45, 7) is 1.66. The molecule has 0 spiro atoms. The molecule has 0 aliphatic heterocycles. The van der Waals surface area contributed by atoms with E-state index < -0.39 is 6.36 Å². The number of nitrogens with two attached hydrogens (primary N) is 1. The Morgan fingerprint density at radius 2 is 1.93 bits per heavy atom. The minimum atomic E-state index is -4.71. The van der Waals surface area contributed by atoms with Crippen LogP contribution in [0.5, 0.6) is 5.75 Å². The Bertz CT molecular complexity index is 330. The number of hydrazine groups is 1. The van der Waals surface area contributed by atoms with E-state index in [2.05, 4.69) is 10.2 Å². The second kappa shape index (κ2) is 5.09. The molecule has 1 aromatic rings. The molecule has 86 valence electrons. The molecule has 0 radical (unpaired) electrons.